The average Bonchev–Trinajstić information content (AvgIpc) is 3.40. The highest BCUT2D eigenvalue weighted by Crippen LogP contribution is 2.46. The largest absolute Gasteiger partial charge is 0.373 e. The Labute approximate surface area is 241 Å². The van der Waals surface area contributed by atoms with Gasteiger partial charge in [-0.3, -0.25) is 4.79 Å². The van der Waals surface area contributed by atoms with Crippen molar-refractivity contribution in [2.45, 2.75) is 77.0 Å². The number of fused-ring (bicyclic) bond motifs is 2. The summed E-state index contributed by atoms with van der Waals surface area (Å²) >= 11 is 0. The molecule has 3 fully saturated rings. The van der Waals surface area contributed by atoms with Gasteiger partial charge in [-0.2, -0.15) is 0 Å². The van der Waals surface area contributed by atoms with Crippen molar-refractivity contribution in [2.75, 3.05) is 23.0 Å². The number of nitrogens with zero attached hydrogens (tertiary/aromatic N) is 2. The van der Waals surface area contributed by atoms with E-state index >= 15 is 4.39 Å². The monoisotopic (exact) mass is 580 g/mol. The smallest absolute Gasteiger partial charge is 0.177 e. The number of aryl methyl sites for hydroxylation is 1. The molecular weight excluding hydrogens is 543 g/mol. The summed E-state index contributed by atoms with van der Waals surface area (Å²) in [4.78, 5) is 14.6. The lowest BCUT2D eigenvalue weighted by atomic mass is 10.0. The second kappa shape index (κ2) is 11.3. The van der Waals surface area contributed by atoms with E-state index in [9.17, 15) is 13.2 Å². The fourth-order valence-electron chi connectivity index (χ4n) is 6.41. The number of unbranched alkanes of at least 4 members (excludes halogenated alkanes) is 1. The molecule has 9 heteroatoms. The molecule has 2 aromatic carbocycles. The van der Waals surface area contributed by atoms with E-state index in [2.05, 4.69) is 29.1 Å². The highest BCUT2D eigenvalue weighted by Gasteiger charge is 2.46. The molecule has 0 N–H and O–H groups in total. The number of ether oxygens (including phenoxy) is 1. The van der Waals surface area contributed by atoms with Crippen molar-refractivity contribution in [3.63, 3.8) is 0 Å². The molecule has 1 aromatic heterocycles. The summed E-state index contributed by atoms with van der Waals surface area (Å²) < 4.78 is 52.0. The zero-order valence-corrected chi connectivity index (χ0v) is 24.5. The average molecular weight is 581 g/mol. The maximum atomic E-state index is 15.2. The molecule has 6 rings (SSSR count). The first-order valence-corrected chi connectivity index (χ1v) is 16.5. The maximum absolute atomic E-state index is 15.2. The SMILES string of the molecule is CCCCS(=O)(=O)CC(=O)c1ccc(N2C[C@@H]3C[C@H]2C[C@H]3OCc2c(-c3ccccc3C)noc2C2CC2)c(F)c1. The topological polar surface area (TPSA) is 89.7 Å². The third-order valence-corrected chi connectivity index (χ3v) is 10.4. The van der Waals surface area contributed by atoms with Crippen molar-refractivity contribution in [3.05, 3.63) is 70.7 Å². The van der Waals surface area contributed by atoms with Gasteiger partial charge in [0.25, 0.3) is 0 Å². The molecule has 2 saturated carbocycles. The van der Waals surface area contributed by atoms with E-state index in [1.54, 1.807) is 12.1 Å². The number of aromatic nitrogens is 1. The van der Waals surface area contributed by atoms with Crippen molar-refractivity contribution < 1.29 is 26.9 Å². The van der Waals surface area contributed by atoms with Crippen LogP contribution in [0.25, 0.3) is 11.3 Å². The predicted octanol–water partition coefficient (Wildman–Crippen LogP) is 6.25. The summed E-state index contributed by atoms with van der Waals surface area (Å²) in [5.41, 5.74) is 4.68. The highest BCUT2D eigenvalue weighted by molar-refractivity contribution is 7.92. The number of carbonyl (C=O) groups excluding carboxylic acids is 1. The normalized spacial score (nSPS) is 22.0. The molecule has 0 spiro atoms. The summed E-state index contributed by atoms with van der Waals surface area (Å²) in [5, 5.41) is 4.45. The molecule has 41 heavy (non-hydrogen) atoms. The molecule has 0 unspecified atom stereocenters. The van der Waals surface area contributed by atoms with Crippen LogP contribution in [0.5, 0.6) is 0 Å². The number of carbonyl (C=O) groups is 1. The van der Waals surface area contributed by atoms with Crippen molar-refractivity contribution >= 4 is 21.3 Å². The van der Waals surface area contributed by atoms with E-state index in [1.165, 1.54) is 6.07 Å². The van der Waals surface area contributed by atoms with Gasteiger partial charge in [-0.1, -0.05) is 42.8 Å². The van der Waals surface area contributed by atoms with E-state index in [0.717, 1.165) is 60.2 Å². The molecule has 1 saturated heterocycles. The summed E-state index contributed by atoms with van der Waals surface area (Å²) in [6.07, 6.45) is 5.26. The van der Waals surface area contributed by atoms with Crippen LogP contribution in [0, 0.1) is 18.7 Å². The number of sulfone groups is 1. The van der Waals surface area contributed by atoms with Gasteiger partial charge in [0.1, 0.15) is 23.0 Å². The molecule has 0 radical (unpaired) electrons. The van der Waals surface area contributed by atoms with Gasteiger partial charge in [0, 0.05) is 41.1 Å². The minimum absolute atomic E-state index is 0.0257. The van der Waals surface area contributed by atoms with Crippen LogP contribution < -0.4 is 4.90 Å². The lowest BCUT2D eigenvalue weighted by molar-refractivity contribution is 0.0122. The van der Waals surface area contributed by atoms with E-state index < -0.39 is 27.2 Å². The van der Waals surface area contributed by atoms with Crippen LogP contribution in [0.3, 0.4) is 0 Å². The minimum atomic E-state index is -3.50. The molecule has 0 amide bonds. The summed E-state index contributed by atoms with van der Waals surface area (Å²) in [6.45, 7) is 5.09. The fraction of sp³-hybridized carbons (Fsp3) is 0.500. The predicted molar refractivity (Wildman–Crippen MR) is 155 cm³/mol. The van der Waals surface area contributed by atoms with Gasteiger partial charge in [-0.25, -0.2) is 12.8 Å². The Morgan fingerprint density at radius 2 is 1.98 bits per heavy atom. The van der Waals surface area contributed by atoms with E-state index in [0.29, 0.717) is 31.2 Å². The molecule has 3 aliphatic rings. The maximum Gasteiger partial charge on any atom is 0.177 e. The van der Waals surface area contributed by atoms with Crippen molar-refractivity contribution in [1.82, 2.24) is 5.16 Å². The molecule has 3 atom stereocenters. The number of hydrogen-bond donors (Lipinski definition) is 0. The van der Waals surface area contributed by atoms with Crippen molar-refractivity contribution in [2.24, 2.45) is 5.92 Å². The van der Waals surface area contributed by atoms with Crippen LogP contribution >= 0.6 is 0 Å². The Balaban J connectivity index is 1.10. The molecule has 3 aromatic rings. The number of ketones is 1. The number of benzene rings is 2. The number of piperidine rings is 1. The van der Waals surface area contributed by atoms with Gasteiger partial charge in [0.2, 0.25) is 0 Å². The van der Waals surface area contributed by atoms with Crippen LogP contribution in [-0.4, -0.2) is 49.6 Å². The van der Waals surface area contributed by atoms with Crippen LogP contribution in [0.15, 0.2) is 47.0 Å². The summed E-state index contributed by atoms with van der Waals surface area (Å²) in [7, 11) is -3.50. The van der Waals surface area contributed by atoms with Crippen LogP contribution in [0.4, 0.5) is 10.1 Å². The second-order valence-corrected chi connectivity index (χ2v) is 14.1. The van der Waals surface area contributed by atoms with Crippen LogP contribution in [0.1, 0.15) is 78.6 Å². The van der Waals surface area contributed by atoms with Gasteiger partial charge < -0.3 is 14.2 Å². The van der Waals surface area contributed by atoms with Gasteiger partial charge in [-0.05, 0) is 62.8 Å². The van der Waals surface area contributed by atoms with E-state index in [-0.39, 0.29) is 29.4 Å². The van der Waals surface area contributed by atoms with Crippen LogP contribution in [0.2, 0.25) is 0 Å². The first-order valence-electron chi connectivity index (χ1n) is 14.7. The van der Waals surface area contributed by atoms with Gasteiger partial charge in [0.05, 0.1) is 24.2 Å². The Hall–Kier alpha value is -3.04. The Morgan fingerprint density at radius 3 is 2.66 bits per heavy atom. The first kappa shape index (κ1) is 28.1. The third kappa shape index (κ3) is 5.84. The molecule has 2 aliphatic carbocycles. The number of halogens is 1. The lowest BCUT2D eigenvalue weighted by Crippen LogP contribution is -2.39. The molecule has 1 aliphatic heterocycles. The minimum Gasteiger partial charge on any atom is -0.373 e. The first-order chi connectivity index (χ1) is 19.7. The number of hydrogen-bond acceptors (Lipinski definition) is 7. The van der Waals surface area contributed by atoms with Crippen molar-refractivity contribution in [1.29, 1.82) is 0 Å². The summed E-state index contributed by atoms with van der Waals surface area (Å²) in [5.74, 6) is -0.0238. The van der Waals surface area contributed by atoms with Crippen molar-refractivity contribution in [3.8, 4) is 11.3 Å². The van der Waals surface area contributed by atoms with Crippen LogP contribution in [-0.2, 0) is 21.2 Å². The molecule has 2 heterocycles. The molecular formula is C32H37FN2O5S. The molecule has 2 bridgehead atoms. The van der Waals surface area contributed by atoms with Gasteiger partial charge >= 0.3 is 0 Å². The lowest BCUT2D eigenvalue weighted by Gasteiger charge is -2.33. The zero-order chi connectivity index (χ0) is 28.7. The Bertz CT molecular complexity index is 1550. The number of rotatable bonds is 12. The van der Waals surface area contributed by atoms with Gasteiger partial charge in [-0.15, -0.1) is 0 Å². The van der Waals surface area contributed by atoms with E-state index in [1.807, 2.05) is 19.1 Å². The molecule has 218 valence electrons. The third-order valence-electron chi connectivity index (χ3n) is 8.82. The Kier molecular flexibility index (Phi) is 7.76. The number of anilines is 1. The van der Waals surface area contributed by atoms with E-state index in [4.69, 9.17) is 9.26 Å². The Morgan fingerprint density at radius 1 is 1.17 bits per heavy atom. The van der Waals surface area contributed by atoms with Gasteiger partial charge in [0.15, 0.2) is 15.6 Å². The highest BCUT2D eigenvalue weighted by atomic mass is 32.2. The quantitative estimate of drug-likeness (QED) is 0.234. The number of Topliss-reactive ketones (excluding diaryl/α,β-unsaturated/α-hetero) is 1. The summed E-state index contributed by atoms with van der Waals surface area (Å²) in [6, 6.07) is 12.7. The molecule has 7 nitrogen and oxygen atoms in total. The fourth-order valence-corrected chi connectivity index (χ4v) is 7.85. The second-order valence-electron chi connectivity index (χ2n) is 11.9. The standard InChI is InChI=1S/C32H37FN2O5S/c1-3-4-13-41(37,38)19-29(36)22-11-12-28(27(33)15-22)35-17-23-14-24(35)16-30(23)39-18-26-31(25-8-6-5-7-20(25)2)34-40-32(26)21-9-10-21/h5-8,11-12,15,21,23-24,30H,3-4,9-10,13-14,16-19H2,1-2H3/t23-,24-,30+/m0/s1. The zero-order valence-electron chi connectivity index (χ0n) is 23.6.